The minimum atomic E-state index is -1.11. The molecule has 2 aliphatic rings. The first-order valence-electron chi connectivity index (χ1n) is 9.44. The highest BCUT2D eigenvalue weighted by molar-refractivity contribution is 5.84. The molecule has 2 atom stereocenters. The van der Waals surface area contributed by atoms with Crippen LogP contribution in [-0.2, 0) is 9.53 Å². The highest BCUT2D eigenvalue weighted by atomic mass is 16.6. The molecule has 10 heteroatoms. The van der Waals surface area contributed by atoms with E-state index in [9.17, 15) is 14.7 Å². The average molecular weight is 404 g/mol. The van der Waals surface area contributed by atoms with Gasteiger partial charge in [-0.2, -0.15) is 0 Å². The van der Waals surface area contributed by atoms with Gasteiger partial charge in [-0.15, -0.1) is 0 Å². The summed E-state index contributed by atoms with van der Waals surface area (Å²) in [5.74, 6) is 0.152. The molecule has 2 aliphatic heterocycles. The van der Waals surface area contributed by atoms with Gasteiger partial charge in [0.15, 0.2) is 0 Å². The number of carbonyl (C=O) groups is 2. The molecule has 1 fully saturated rings. The second kappa shape index (κ2) is 6.31. The summed E-state index contributed by atoms with van der Waals surface area (Å²) in [5, 5.41) is 21.3. The molecule has 1 N–H and O–H groups in total. The molecule has 0 aliphatic carbocycles. The summed E-state index contributed by atoms with van der Waals surface area (Å²) >= 11 is 0. The van der Waals surface area contributed by atoms with E-state index < -0.39 is 29.4 Å². The summed E-state index contributed by atoms with van der Waals surface area (Å²) in [7, 11) is 0. The van der Waals surface area contributed by atoms with Crippen LogP contribution in [0, 0.1) is 0 Å². The third-order valence-corrected chi connectivity index (χ3v) is 5.01. The Morgan fingerprint density at radius 3 is 2.59 bits per heavy atom. The molecule has 1 aromatic heterocycles. The lowest BCUT2D eigenvalue weighted by Crippen LogP contribution is -2.57. The maximum absolute atomic E-state index is 12.8. The van der Waals surface area contributed by atoms with Crippen LogP contribution >= 0.6 is 0 Å². The van der Waals surface area contributed by atoms with E-state index in [1.807, 2.05) is 0 Å². The van der Waals surface area contributed by atoms with Crippen molar-refractivity contribution >= 4 is 23.0 Å². The molecule has 156 valence electrons. The Hall–Kier alpha value is -2.88. The maximum Gasteiger partial charge on any atom is 0.429 e. The predicted octanol–water partition coefficient (Wildman–Crippen LogP) is 2.18. The van der Waals surface area contributed by atoms with Gasteiger partial charge in [-0.3, -0.25) is 4.79 Å². The van der Waals surface area contributed by atoms with E-state index in [2.05, 4.69) is 10.3 Å². The molecular weight excluding hydrogens is 380 g/mol. The third kappa shape index (κ3) is 3.27. The van der Waals surface area contributed by atoms with Crippen LogP contribution in [0.4, 0.5) is 4.79 Å². The number of aliphatic hydroxyl groups is 1. The van der Waals surface area contributed by atoms with Gasteiger partial charge in [0.2, 0.25) is 5.91 Å². The molecule has 0 spiro atoms. The van der Waals surface area contributed by atoms with Crippen molar-refractivity contribution in [2.24, 2.45) is 0 Å². The first kappa shape index (κ1) is 19.4. The Morgan fingerprint density at radius 2 is 1.93 bits per heavy atom. The Morgan fingerprint density at radius 1 is 1.28 bits per heavy atom. The van der Waals surface area contributed by atoms with Gasteiger partial charge in [0.05, 0.1) is 6.54 Å². The van der Waals surface area contributed by atoms with Crippen molar-refractivity contribution in [3.05, 3.63) is 17.7 Å². The zero-order valence-electron chi connectivity index (χ0n) is 17.0. The molecule has 0 bridgehead atoms. The van der Waals surface area contributed by atoms with Gasteiger partial charge in [0, 0.05) is 18.1 Å². The summed E-state index contributed by atoms with van der Waals surface area (Å²) in [5.41, 5.74) is -0.279. The molecule has 3 heterocycles. The Balaban J connectivity index is 1.81. The summed E-state index contributed by atoms with van der Waals surface area (Å²) < 4.78 is 16.2. The van der Waals surface area contributed by atoms with Crippen LogP contribution < -0.4 is 4.74 Å². The van der Waals surface area contributed by atoms with E-state index in [-0.39, 0.29) is 18.9 Å². The lowest BCUT2D eigenvalue weighted by atomic mass is 9.86. The number of hydrogen-bond acceptors (Lipinski definition) is 8. The standard InChI is InChI=1S/C19H24N4O6/c1-18(2,3)28-17(26)22-7-6-14(24)23(22)15-10-8-11-12(21-29-20-11)9-13(10)27-19(4,5)16(15)25/h8-9,15-16,25H,6-7H2,1-5H3. The molecule has 0 radical (unpaired) electrons. The van der Waals surface area contributed by atoms with Crippen molar-refractivity contribution in [1.29, 1.82) is 0 Å². The SMILES string of the molecule is CC(C)(C)OC(=O)N1CCC(=O)N1C1c2cc3nonc3cc2OC(C)(C)C1O. The number of aliphatic hydroxyl groups excluding tert-OH is 1. The van der Waals surface area contributed by atoms with Crippen molar-refractivity contribution in [3.8, 4) is 5.75 Å². The number of hydrazine groups is 1. The first-order valence-corrected chi connectivity index (χ1v) is 9.44. The van der Waals surface area contributed by atoms with Crippen LogP contribution in [0.5, 0.6) is 5.75 Å². The third-order valence-electron chi connectivity index (χ3n) is 5.01. The maximum atomic E-state index is 12.8. The zero-order valence-corrected chi connectivity index (χ0v) is 17.0. The monoisotopic (exact) mass is 404 g/mol. The molecule has 29 heavy (non-hydrogen) atoms. The number of aromatic nitrogens is 2. The van der Waals surface area contributed by atoms with Gasteiger partial charge in [0.25, 0.3) is 0 Å². The number of benzene rings is 1. The molecule has 2 unspecified atom stereocenters. The summed E-state index contributed by atoms with van der Waals surface area (Å²) in [6.07, 6.45) is -1.63. The largest absolute Gasteiger partial charge is 0.485 e. The minimum Gasteiger partial charge on any atom is -0.485 e. The highest BCUT2D eigenvalue weighted by Gasteiger charge is 2.51. The summed E-state index contributed by atoms with van der Waals surface area (Å²) in [6.45, 7) is 8.87. The van der Waals surface area contributed by atoms with Gasteiger partial charge >= 0.3 is 6.09 Å². The molecule has 1 saturated heterocycles. The van der Waals surface area contributed by atoms with Crippen molar-refractivity contribution < 1.29 is 28.8 Å². The van der Waals surface area contributed by atoms with Crippen molar-refractivity contribution in [2.45, 2.75) is 64.4 Å². The van der Waals surface area contributed by atoms with Gasteiger partial charge in [-0.05, 0) is 51.0 Å². The molecule has 2 amide bonds. The quantitative estimate of drug-likeness (QED) is 0.768. The fourth-order valence-electron chi connectivity index (χ4n) is 3.67. The van der Waals surface area contributed by atoms with E-state index in [0.717, 1.165) is 0 Å². The van der Waals surface area contributed by atoms with Crippen molar-refractivity contribution in [1.82, 2.24) is 20.3 Å². The van der Waals surface area contributed by atoms with Gasteiger partial charge in [-0.25, -0.2) is 19.4 Å². The molecule has 2 aromatic rings. The first-order chi connectivity index (χ1) is 13.5. The van der Waals surface area contributed by atoms with Crippen LogP contribution in [0.25, 0.3) is 11.0 Å². The molecule has 10 nitrogen and oxygen atoms in total. The van der Waals surface area contributed by atoms with E-state index in [4.69, 9.17) is 14.1 Å². The molecule has 4 rings (SSSR count). The summed E-state index contributed by atoms with van der Waals surface area (Å²) in [4.78, 5) is 25.6. The number of ether oxygens (including phenoxy) is 2. The second-order valence-electron chi connectivity index (χ2n) is 8.83. The number of hydrogen-bond donors (Lipinski definition) is 1. The molecular formula is C19H24N4O6. The van der Waals surface area contributed by atoms with Crippen LogP contribution in [-0.4, -0.2) is 61.3 Å². The fraction of sp³-hybridized carbons (Fsp3) is 0.579. The minimum absolute atomic E-state index is 0.132. The van der Waals surface area contributed by atoms with Crippen molar-refractivity contribution in [2.75, 3.05) is 6.54 Å². The Bertz CT molecular complexity index is 979. The van der Waals surface area contributed by atoms with Crippen LogP contribution in [0.1, 0.15) is 52.6 Å². The number of fused-ring (bicyclic) bond motifs is 2. The van der Waals surface area contributed by atoms with Crippen LogP contribution in [0.3, 0.4) is 0 Å². The number of nitrogens with zero attached hydrogens (tertiary/aromatic N) is 4. The number of amides is 2. The fourth-order valence-corrected chi connectivity index (χ4v) is 3.67. The number of carbonyl (C=O) groups excluding carboxylic acids is 2. The summed E-state index contributed by atoms with van der Waals surface area (Å²) in [6, 6.07) is 2.45. The van der Waals surface area contributed by atoms with Crippen LogP contribution in [0.15, 0.2) is 16.8 Å². The Labute approximate surface area is 167 Å². The molecule has 1 aromatic carbocycles. The normalized spacial score (nSPS) is 23.9. The smallest absolute Gasteiger partial charge is 0.429 e. The van der Waals surface area contributed by atoms with E-state index >= 15 is 0 Å². The molecule has 0 saturated carbocycles. The zero-order chi connectivity index (χ0) is 21.1. The van der Waals surface area contributed by atoms with Crippen LogP contribution in [0.2, 0.25) is 0 Å². The number of rotatable bonds is 1. The van der Waals surface area contributed by atoms with Gasteiger partial charge < -0.3 is 14.6 Å². The van der Waals surface area contributed by atoms with E-state index in [1.165, 1.54) is 10.0 Å². The highest BCUT2D eigenvalue weighted by Crippen LogP contribution is 2.45. The average Bonchev–Trinajstić information content (AvgIpc) is 3.19. The second-order valence-corrected chi connectivity index (χ2v) is 8.83. The lowest BCUT2D eigenvalue weighted by molar-refractivity contribution is -0.161. The van der Waals surface area contributed by atoms with E-state index in [0.29, 0.717) is 22.3 Å². The predicted molar refractivity (Wildman–Crippen MR) is 99.7 cm³/mol. The van der Waals surface area contributed by atoms with Gasteiger partial charge in [-0.1, -0.05) is 0 Å². The topological polar surface area (TPSA) is 118 Å². The Kier molecular flexibility index (Phi) is 4.23. The van der Waals surface area contributed by atoms with Gasteiger partial charge in [0.1, 0.15) is 40.1 Å². The lowest BCUT2D eigenvalue weighted by Gasteiger charge is -2.46. The van der Waals surface area contributed by atoms with E-state index in [1.54, 1.807) is 46.8 Å². The van der Waals surface area contributed by atoms with Crippen molar-refractivity contribution in [3.63, 3.8) is 0 Å².